The molecule has 1 atom stereocenters. The van der Waals surface area contributed by atoms with Gasteiger partial charge in [0.15, 0.2) is 5.96 Å². The number of hydrogen-bond acceptors (Lipinski definition) is 5. The van der Waals surface area contributed by atoms with Gasteiger partial charge in [-0.3, -0.25) is 4.99 Å². The summed E-state index contributed by atoms with van der Waals surface area (Å²) in [5.41, 5.74) is 1.10. The van der Waals surface area contributed by atoms with Gasteiger partial charge in [0, 0.05) is 11.4 Å². The van der Waals surface area contributed by atoms with Gasteiger partial charge in [-0.1, -0.05) is 6.92 Å². The summed E-state index contributed by atoms with van der Waals surface area (Å²) in [7, 11) is 0. The van der Waals surface area contributed by atoms with Crippen molar-refractivity contribution in [3.63, 3.8) is 0 Å². The number of aliphatic imine (C=N–C) groups is 1. The lowest BCUT2D eigenvalue weighted by Gasteiger charge is -2.06. The third-order valence-corrected chi connectivity index (χ3v) is 3.29. The Morgan fingerprint density at radius 3 is 3.00 bits per heavy atom. The predicted molar refractivity (Wildman–Crippen MR) is 78.6 cm³/mol. The minimum Gasteiger partial charge on any atom is -0.352 e. The van der Waals surface area contributed by atoms with Crippen molar-refractivity contribution in [2.75, 3.05) is 6.54 Å². The molecule has 90 valence electrons. The van der Waals surface area contributed by atoms with E-state index < -0.39 is 0 Å². The Hall–Kier alpha value is -0.370. The highest BCUT2D eigenvalue weighted by atomic mass is 127. The Morgan fingerprint density at radius 2 is 2.44 bits per heavy atom. The van der Waals surface area contributed by atoms with E-state index in [1.807, 2.05) is 0 Å². The maximum absolute atomic E-state index is 4.48. The van der Waals surface area contributed by atoms with Crippen LogP contribution in [0.25, 0.3) is 0 Å². The first-order chi connectivity index (χ1) is 7.28. The topological polar surface area (TPSA) is 49.3 Å². The van der Waals surface area contributed by atoms with Gasteiger partial charge < -0.3 is 10.6 Å². The number of guanidine groups is 1. The Morgan fingerprint density at radius 1 is 1.62 bits per heavy atom. The molecule has 1 aliphatic heterocycles. The third kappa shape index (κ3) is 3.58. The average Bonchev–Trinajstić information content (AvgIpc) is 2.83. The number of nitrogens with zero attached hydrogens (tertiary/aromatic N) is 2. The highest BCUT2D eigenvalue weighted by molar-refractivity contribution is 14.0. The second-order valence-electron chi connectivity index (χ2n) is 3.67. The lowest BCUT2D eigenvalue weighted by atomic mass is 10.4. The molecular weight excluding hydrogens is 335 g/mol. The van der Waals surface area contributed by atoms with Gasteiger partial charge in [0.25, 0.3) is 0 Å². The number of hydrogen-bond donors (Lipinski definition) is 2. The molecule has 16 heavy (non-hydrogen) atoms. The number of aryl methyl sites for hydroxylation is 1. The molecule has 1 aromatic heterocycles. The molecule has 2 N–H and O–H groups in total. The molecule has 2 rings (SSSR count). The van der Waals surface area contributed by atoms with Gasteiger partial charge in [-0.15, -0.1) is 35.3 Å². The van der Waals surface area contributed by atoms with Crippen molar-refractivity contribution in [1.82, 2.24) is 15.6 Å². The van der Waals surface area contributed by atoms with Crippen molar-refractivity contribution in [3.8, 4) is 0 Å². The summed E-state index contributed by atoms with van der Waals surface area (Å²) in [6, 6.07) is 0.453. The zero-order chi connectivity index (χ0) is 10.7. The zero-order valence-electron chi connectivity index (χ0n) is 9.49. The molecule has 0 bridgehead atoms. The first-order valence-electron chi connectivity index (χ1n) is 5.26. The fourth-order valence-corrected chi connectivity index (χ4v) is 2.17. The van der Waals surface area contributed by atoms with Gasteiger partial charge in [-0.25, -0.2) is 4.98 Å². The van der Waals surface area contributed by atoms with Crippen LogP contribution in [0.1, 0.15) is 24.5 Å². The molecule has 1 aliphatic rings. The molecule has 0 aromatic carbocycles. The van der Waals surface area contributed by atoms with E-state index in [0.29, 0.717) is 6.04 Å². The van der Waals surface area contributed by atoms with Crippen LogP contribution < -0.4 is 10.6 Å². The van der Waals surface area contributed by atoms with Crippen molar-refractivity contribution in [3.05, 3.63) is 16.1 Å². The number of aromatic nitrogens is 1. The van der Waals surface area contributed by atoms with E-state index in [2.05, 4.69) is 39.8 Å². The normalized spacial score (nSPS) is 18.6. The molecule has 0 spiro atoms. The molecule has 6 heteroatoms. The highest BCUT2D eigenvalue weighted by Gasteiger charge is 2.11. The SMILES string of the molecule is CCc1nc(CNC2=NCC(C)N2)cs1.I. The standard InChI is InChI=1S/C10H16N4S.HI/c1-3-9-14-8(6-15-9)5-12-10-11-4-7(2)13-10;/h6-7H,3-5H2,1-2H3,(H2,11,12,13);1H. The summed E-state index contributed by atoms with van der Waals surface area (Å²) in [4.78, 5) is 8.81. The minimum atomic E-state index is 0. The Kier molecular flexibility index (Phi) is 5.47. The van der Waals surface area contributed by atoms with E-state index in [-0.39, 0.29) is 24.0 Å². The second-order valence-corrected chi connectivity index (χ2v) is 4.62. The summed E-state index contributed by atoms with van der Waals surface area (Å²) in [5, 5.41) is 9.81. The quantitative estimate of drug-likeness (QED) is 0.816. The minimum absolute atomic E-state index is 0. The van der Waals surface area contributed by atoms with Crippen LogP contribution in [-0.4, -0.2) is 23.5 Å². The van der Waals surface area contributed by atoms with Gasteiger partial charge in [0.1, 0.15) is 0 Å². The Bertz CT molecular complexity index is 363. The van der Waals surface area contributed by atoms with Crippen LogP contribution in [0.4, 0.5) is 0 Å². The average molecular weight is 352 g/mol. The van der Waals surface area contributed by atoms with Gasteiger partial charge >= 0.3 is 0 Å². The molecule has 0 saturated carbocycles. The molecule has 0 amide bonds. The van der Waals surface area contributed by atoms with Crippen LogP contribution in [0.3, 0.4) is 0 Å². The van der Waals surface area contributed by atoms with Crippen molar-refractivity contribution in [2.45, 2.75) is 32.9 Å². The summed E-state index contributed by atoms with van der Waals surface area (Å²) in [5.74, 6) is 0.897. The van der Waals surface area contributed by atoms with Crippen LogP contribution >= 0.6 is 35.3 Å². The van der Waals surface area contributed by atoms with E-state index in [4.69, 9.17) is 0 Å². The smallest absolute Gasteiger partial charge is 0.191 e. The molecule has 2 heterocycles. The summed E-state index contributed by atoms with van der Waals surface area (Å²) in [6.07, 6.45) is 1.01. The molecule has 0 saturated heterocycles. The van der Waals surface area contributed by atoms with Crippen molar-refractivity contribution in [2.24, 2.45) is 4.99 Å². The fraction of sp³-hybridized carbons (Fsp3) is 0.600. The Balaban J connectivity index is 0.00000128. The fourth-order valence-electron chi connectivity index (χ4n) is 1.43. The lowest BCUT2D eigenvalue weighted by Crippen LogP contribution is -2.37. The van der Waals surface area contributed by atoms with Gasteiger partial charge in [0.05, 0.1) is 23.8 Å². The zero-order valence-corrected chi connectivity index (χ0v) is 12.6. The van der Waals surface area contributed by atoms with E-state index in [0.717, 1.165) is 31.2 Å². The maximum Gasteiger partial charge on any atom is 0.191 e. The van der Waals surface area contributed by atoms with E-state index >= 15 is 0 Å². The van der Waals surface area contributed by atoms with Crippen LogP contribution in [0.5, 0.6) is 0 Å². The van der Waals surface area contributed by atoms with E-state index in [1.165, 1.54) is 5.01 Å². The van der Waals surface area contributed by atoms with Crippen LogP contribution in [-0.2, 0) is 13.0 Å². The molecule has 0 radical (unpaired) electrons. The first kappa shape index (κ1) is 13.7. The first-order valence-corrected chi connectivity index (χ1v) is 6.14. The van der Waals surface area contributed by atoms with Crippen LogP contribution in [0, 0.1) is 0 Å². The van der Waals surface area contributed by atoms with Crippen molar-refractivity contribution in [1.29, 1.82) is 0 Å². The second kappa shape index (κ2) is 6.39. The van der Waals surface area contributed by atoms with Crippen molar-refractivity contribution >= 4 is 41.3 Å². The van der Waals surface area contributed by atoms with E-state index in [9.17, 15) is 0 Å². The molecule has 4 nitrogen and oxygen atoms in total. The van der Waals surface area contributed by atoms with Crippen LogP contribution in [0.2, 0.25) is 0 Å². The predicted octanol–water partition coefficient (Wildman–Crippen LogP) is 1.76. The molecular formula is C10H17IN4S. The maximum atomic E-state index is 4.48. The Labute approximate surface area is 117 Å². The van der Waals surface area contributed by atoms with Crippen molar-refractivity contribution < 1.29 is 0 Å². The number of thiazole rings is 1. The summed E-state index contributed by atoms with van der Waals surface area (Å²) < 4.78 is 0. The lowest BCUT2D eigenvalue weighted by molar-refractivity contribution is 0.712. The molecule has 1 unspecified atom stereocenters. The number of nitrogens with one attached hydrogen (secondary N) is 2. The number of halogens is 1. The van der Waals surface area contributed by atoms with Gasteiger partial charge in [-0.2, -0.15) is 0 Å². The highest BCUT2D eigenvalue weighted by Crippen LogP contribution is 2.09. The van der Waals surface area contributed by atoms with Gasteiger partial charge in [0.2, 0.25) is 0 Å². The number of rotatable bonds is 3. The van der Waals surface area contributed by atoms with Gasteiger partial charge in [-0.05, 0) is 13.3 Å². The third-order valence-electron chi connectivity index (χ3n) is 2.25. The molecule has 0 fully saturated rings. The van der Waals surface area contributed by atoms with E-state index in [1.54, 1.807) is 11.3 Å². The monoisotopic (exact) mass is 352 g/mol. The summed E-state index contributed by atoms with van der Waals surface area (Å²) in [6.45, 7) is 5.87. The van der Waals surface area contributed by atoms with Crippen LogP contribution in [0.15, 0.2) is 10.4 Å². The molecule has 1 aromatic rings. The largest absolute Gasteiger partial charge is 0.352 e. The molecule has 0 aliphatic carbocycles. The summed E-state index contributed by atoms with van der Waals surface area (Å²) >= 11 is 1.72.